The lowest BCUT2D eigenvalue weighted by molar-refractivity contribution is -0.117. The molecule has 1 amide bonds. The molecule has 3 aromatic rings. The number of benzene rings is 2. The fourth-order valence-electron chi connectivity index (χ4n) is 2.93. The number of imidazole rings is 1. The van der Waals surface area contributed by atoms with Crippen molar-refractivity contribution in [1.82, 2.24) is 9.97 Å². The Hall–Kier alpha value is -2.04. The average molecular weight is 348 g/mol. The number of aromatic amines is 1. The molecule has 0 radical (unpaired) electrons. The molecule has 1 unspecified atom stereocenters. The topological polar surface area (TPSA) is 49.0 Å². The van der Waals surface area contributed by atoms with Crippen molar-refractivity contribution in [3.8, 4) is 0 Å². The summed E-state index contributed by atoms with van der Waals surface area (Å²) in [7, 11) is 0. The van der Waals surface area contributed by atoms with Crippen LogP contribution in [0.5, 0.6) is 0 Å². The van der Waals surface area contributed by atoms with Crippen LogP contribution >= 0.6 is 24.0 Å². The highest BCUT2D eigenvalue weighted by atomic mass is 35.5. The summed E-state index contributed by atoms with van der Waals surface area (Å²) < 4.78 is 0. The van der Waals surface area contributed by atoms with Gasteiger partial charge in [0.15, 0.2) is 0 Å². The van der Waals surface area contributed by atoms with Crippen molar-refractivity contribution in [1.29, 1.82) is 0 Å². The fourth-order valence-corrected chi connectivity index (χ4v) is 3.05. The summed E-state index contributed by atoms with van der Waals surface area (Å²) in [6, 6.07) is 15.3. The number of carbonyl (C=O) groups excluding carboxylic acids is 1. The standard InChI is InChI=1S/C17H14ClN3O.ClH/c18-12-5-7-13(8-6-12)21-10-11(9-16(21)22)17-19-14-3-1-2-4-15(14)20-17;/h1-8,11H,9-10H2,(H,19,20);1H. The van der Waals surface area contributed by atoms with Crippen molar-refractivity contribution in [3.63, 3.8) is 0 Å². The molecule has 0 spiro atoms. The van der Waals surface area contributed by atoms with E-state index < -0.39 is 0 Å². The number of aromatic nitrogens is 2. The fraction of sp³-hybridized carbons (Fsp3) is 0.176. The molecular formula is C17H15Cl2N3O. The van der Waals surface area contributed by atoms with Crippen LogP contribution in [0.2, 0.25) is 5.02 Å². The Labute approximate surface area is 144 Å². The van der Waals surface area contributed by atoms with E-state index in [1.165, 1.54) is 0 Å². The lowest BCUT2D eigenvalue weighted by atomic mass is 10.1. The van der Waals surface area contributed by atoms with E-state index >= 15 is 0 Å². The Balaban J connectivity index is 0.00000156. The van der Waals surface area contributed by atoms with Gasteiger partial charge in [-0.2, -0.15) is 0 Å². The van der Waals surface area contributed by atoms with Gasteiger partial charge in [0.2, 0.25) is 5.91 Å². The number of nitrogens with one attached hydrogen (secondary N) is 1. The molecule has 0 bridgehead atoms. The molecule has 1 fully saturated rings. The van der Waals surface area contributed by atoms with Crippen LogP contribution in [0.4, 0.5) is 5.69 Å². The van der Waals surface area contributed by atoms with E-state index in [9.17, 15) is 4.79 Å². The van der Waals surface area contributed by atoms with Gasteiger partial charge >= 0.3 is 0 Å². The van der Waals surface area contributed by atoms with Crippen LogP contribution in [-0.4, -0.2) is 22.4 Å². The first-order valence-electron chi connectivity index (χ1n) is 7.21. The number of para-hydroxylation sites is 2. The van der Waals surface area contributed by atoms with Gasteiger partial charge in [-0.3, -0.25) is 4.79 Å². The summed E-state index contributed by atoms with van der Waals surface area (Å²) in [6.45, 7) is 0.639. The van der Waals surface area contributed by atoms with Crippen molar-refractivity contribution in [2.45, 2.75) is 12.3 Å². The zero-order valence-electron chi connectivity index (χ0n) is 12.2. The largest absolute Gasteiger partial charge is 0.342 e. The maximum atomic E-state index is 12.3. The van der Waals surface area contributed by atoms with E-state index in [0.717, 1.165) is 22.5 Å². The minimum Gasteiger partial charge on any atom is -0.342 e. The van der Waals surface area contributed by atoms with Gasteiger partial charge in [-0.25, -0.2) is 4.98 Å². The van der Waals surface area contributed by atoms with E-state index in [-0.39, 0.29) is 24.2 Å². The Kier molecular flexibility index (Phi) is 4.28. The van der Waals surface area contributed by atoms with E-state index in [0.29, 0.717) is 18.0 Å². The van der Waals surface area contributed by atoms with Gasteiger partial charge < -0.3 is 9.88 Å². The van der Waals surface area contributed by atoms with Crippen molar-refractivity contribution >= 4 is 46.6 Å². The molecule has 4 nitrogen and oxygen atoms in total. The average Bonchev–Trinajstić information content (AvgIpc) is 3.11. The molecule has 1 aliphatic rings. The van der Waals surface area contributed by atoms with E-state index in [1.54, 1.807) is 17.0 Å². The summed E-state index contributed by atoms with van der Waals surface area (Å²) in [5.74, 6) is 1.09. The second kappa shape index (κ2) is 6.22. The van der Waals surface area contributed by atoms with Crippen LogP contribution in [0.3, 0.4) is 0 Å². The predicted molar refractivity (Wildman–Crippen MR) is 94.5 cm³/mol. The van der Waals surface area contributed by atoms with Crippen LogP contribution in [-0.2, 0) is 4.79 Å². The molecule has 23 heavy (non-hydrogen) atoms. The molecule has 1 atom stereocenters. The zero-order chi connectivity index (χ0) is 15.1. The van der Waals surface area contributed by atoms with Crippen LogP contribution in [0.25, 0.3) is 11.0 Å². The number of H-pyrrole nitrogens is 1. The van der Waals surface area contributed by atoms with Crippen LogP contribution < -0.4 is 4.90 Å². The highest BCUT2D eigenvalue weighted by molar-refractivity contribution is 6.30. The quantitative estimate of drug-likeness (QED) is 0.756. The summed E-state index contributed by atoms with van der Waals surface area (Å²) in [6.07, 6.45) is 0.475. The summed E-state index contributed by atoms with van der Waals surface area (Å²) in [5.41, 5.74) is 2.83. The highest BCUT2D eigenvalue weighted by Crippen LogP contribution is 2.31. The van der Waals surface area contributed by atoms with Gasteiger partial charge in [0, 0.05) is 29.6 Å². The number of fused-ring (bicyclic) bond motifs is 1. The van der Waals surface area contributed by atoms with Gasteiger partial charge in [0.1, 0.15) is 5.82 Å². The summed E-state index contributed by atoms with van der Waals surface area (Å²) in [4.78, 5) is 22.1. The first-order valence-corrected chi connectivity index (χ1v) is 7.59. The van der Waals surface area contributed by atoms with Gasteiger partial charge in [0.05, 0.1) is 11.0 Å². The van der Waals surface area contributed by atoms with Crippen molar-refractivity contribution < 1.29 is 4.79 Å². The van der Waals surface area contributed by atoms with Gasteiger partial charge in [-0.15, -0.1) is 12.4 Å². The molecule has 118 valence electrons. The summed E-state index contributed by atoms with van der Waals surface area (Å²) >= 11 is 5.91. The second-order valence-electron chi connectivity index (χ2n) is 5.52. The predicted octanol–water partition coefficient (Wildman–Crippen LogP) is 4.16. The number of nitrogens with zero attached hydrogens (tertiary/aromatic N) is 2. The monoisotopic (exact) mass is 347 g/mol. The third-order valence-corrected chi connectivity index (χ3v) is 4.31. The van der Waals surface area contributed by atoms with Crippen LogP contribution in [0.1, 0.15) is 18.2 Å². The number of amides is 1. The van der Waals surface area contributed by atoms with E-state index in [1.807, 2.05) is 36.4 Å². The van der Waals surface area contributed by atoms with Crippen LogP contribution in [0, 0.1) is 0 Å². The normalized spacial score (nSPS) is 17.5. The number of hydrogen-bond donors (Lipinski definition) is 1. The number of rotatable bonds is 2. The SMILES string of the molecule is Cl.O=C1CC(c2nc3ccccc3[nH]2)CN1c1ccc(Cl)cc1. The van der Waals surface area contributed by atoms with Crippen molar-refractivity contribution in [2.24, 2.45) is 0 Å². The maximum Gasteiger partial charge on any atom is 0.227 e. The molecule has 1 aliphatic heterocycles. The lowest BCUT2D eigenvalue weighted by Gasteiger charge is -2.16. The smallest absolute Gasteiger partial charge is 0.227 e. The molecule has 2 aromatic carbocycles. The van der Waals surface area contributed by atoms with E-state index in [2.05, 4.69) is 9.97 Å². The minimum atomic E-state index is 0. The van der Waals surface area contributed by atoms with Gasteiger partial charge in [-0.1, -0.05) is 23.7 Å². The highest BCUT2D eigenvalue weighted by Gasteiger charge is 2.33. The number of hydrogen-bond acceptors (Lipinski definition) is 2. The molecular weight excluding hydrogens is 333 g/mol. The van der Waals surface area contributed by atoms with Gasteiger partial charge in [-0.05, 0) is 36.4 Å². The third-order valence-electron chi connectivity index (χ3n) is 4.06. The first-order chi connectivity index (χ1) is 10.7. The third kappa shape index (κ3) is 2.92. The Morgan fingerprint density at radius 2 is 1.87 bits per heavy atom. The van der Waals surface area contributed by atoms with Crippen molar-refractivity contribution in [2.75, 3.05) is 11.4 Å². The molecule has 0 saturated carbocycles. The van der Waals surface area contributed by atoms with E-state index in [4.69, 9.17) is 11.6 Å². The molecule has 2 heterocycles. The Morgan fingerprint density at radius 1 is 1.13 bits per heavy atom. The molecule has 1 aromatic heterocycles. The maximum absolute atomic E-state index is 12.3. The molecule has 1 saturated heterocycles. The Morgan fingerprint density at radius 3 is 2.61 bits per heavy atom. The second-order valence-corrected chi connectivity index (χ2v) is 5.96. The lowest BCUT2D eigenvalue weighted by Crippen LogP contribution is -2.24. The minimum absolute atomic E-state index is 0. The molecule has 4 rings (SSSR count). The summed E-state index contributed by atoms with van der Waals surface area (Å²) in [5, 5.41) is 0.671. The molecule has 6 heteroatoms. The number of halogens is 2. The van der Waals surface area contributed by atoms with Gasteiger partial charge in [0.25, 0.3) is 0 Å². The van der Waals surface area contributed by atoms with Crippen LogP contribution in [0.15, 0.2) is 48.5 Å². The Bertz CT molecular complexity index is 811. The number of anilines is 1. The molecule has 0 aliphatic carbocycles. The number of carbonyl (C=O) groups is 1. The zero-order valence-corrected chi connectivity index (χ0v) is 13.8. The molecule has 1 N–H and O–H groups in total. The first kappa shape index (κ1) is 15.8. The van der Waals surface area contributed by atoms with Crippen molar-refractivity contribution in [3.05, 3.63) is 59.4 Å².